The van der Waals surface area contributed by atoms with Gasteiger partial charge >= 0.3 is 0 Å². The van der Waals surface area contributed by atoms with Crippen LogP contribution in [0.2, 0.25) is 0 Å². The molecule has 0 N–H and O–H groups in total. The van der Waals surface area contributed by atoms with Gasteiger partial charge in [0.15, 0.2) is 5.82 Å². The van der Waals surface area contributed by atoms with Crippen LogP contribution in [0.25, 0.3) is 83.1 Å². The molecule has 0 fully saturated rings. The summed E-state index contributed by atoms with van der Waals surface area (Å²) in [6, 6.07) is 52.6. The van der Waals surface area contributed by atoms with E-state index in [0.717, 1.165) is 59.2 Å². The molecular formula is C50H37N3. The summed E-state index contributed by atoms with van der Waals surface area (Å²) < 4.78 is 2.45. The summed E-state index contributed by atoms with van der Waals surface area (Å²) in [5.74, 6) is 0.779. The Hall–Kier alpha value is -6.58. The molecule has 0 bridgehead atoms. The van der Waals surface area contributed by atoms with Gasteiger partial charge < -0.3 is 4.57 Å². The Morgan fingerprint density at radius 1 is 0.472 bits per heavy atom. The molecular weight excluding hydrogens is 643 g/mol. The van der Waals surface area contributed by atoms with Crippen LogP contribution in [0.5, 0.6) is 0 Å². The SMILES string of the molecule is C1=CC(c2nc(-c3cc(-c4ccccc4)cc(-c4ccc(C5=CC=C(n6c7ccccc7c7ccccc76)CC5)cc4)c3)c3ccccc3n2)=CCC1. The number of hydrogen-bond acceptors (Lipinski definition) is 2. The molecule has 0 aliphatic heterocycles. The number of hydrogen-bond donors (Lipinski definition) is 0. The zero-order chi connectivity index (χ0) is 35.1. The van der Waals surface area contributed by atoms with Gasteiger partial charge in [0.1, 0.15) is 0 Å². The largest absolute Gasteiger partial charge is 0.313 e. The Morgan fingerprint density at radius 3 is 1.77 bits per heavy atom. The molecule has 252 valence electrons. The van der Waals surface area contributed by atoms with Crippen LogP contribution in [0.4, 0.5) is 0 Å². The number of nitrogens with zero attached hydrogens (tertiary/aromatic N) is 3. The van der Waals surface area contributed by atoms with E-state index in [0.29, 0.717) is 0 Å². The third-order valence-electron chi connectivity index (χ3n) is 10.8. The van der Waals surface area contributed by atoms with E-state index in [-0.39, 0.29) is 0 Å². The zero-order valence-electron chi connectivity index (χ0n) is 29.4. The maximum absolute atomic E-state index is 5.25. The van der Waals surface area contributed by atoms with Crippen molar-refractivity contribution in [1.29, 1.82) is 0 Å². The van der Waals surface area contributed by atoms with Gasteiger partial charge in [0.05, 0.1) is 22.2 Å². The third-order valence-corrected chi connectivity index (χ3v) is 10.8. The molecule has 53 heavy (non-hydrogen) atoms. The van der Waals surface area contributed by atoms with E-state index in [1.54, 1.807) is 0 Å². The first-order valence-electron chi connectivity index (χ1n) is 18.6. The minimum Gasteiger partial charge on any atom is -0.313 e. The van der Waals surface area contributed by atoms with E-state index in [4.69, 9.17) is 9.97 Å². The van der Waals surface area contributed by atoms with Crippen molar-refractivity contribution in [3.63, 3.8) is 0 Å². The Morgan fingerprint density at radius 2 is 1.09 bits per heavy atom. The first-order chi connectivity index (χ1) is 26.3. The number of allylic oxidation sites excluding steroid dienone is 8. The fourth-order valence-electron chi connectivity index (χ4n) is 8.10. The van der Waals surface area contributed by atoms with E-state index in [1.807, 2.05) is 0 Å². The second-order valence-corrected chi connectivity index (χ2v) is 14.0. The van der Waals surface area contributed by atoms with Crippen LogP contribution in [0.1, 0.15) is 37.1 Å². The molecule has 3 heteroatoms. The number of fused-ring (bicyclic) bond motifs is 4. The van der Waals surface area contributed by atoms with Crippen molar-refractivity contribution >= 4 is 49.6 Å². The molecule has 3 nitrogen and oxygen atoms in total. The lowest BCUT2D eigenvalue weighted by molar-refractivity contribution is 0.992. The summed E-state index contributed by atoms with van der Waals surface area (Å²) in [6.07, 6.45) is 15.3. The highest BCUT2D eigenvalue weighted by atomic mass is 15.0. The van der Waals surface area contributed by atoms with Crippen LogP contribution in [-0.2, 0) is 0 Å². The smallest absolute Gasteiger partial charge is 0.160 e. The molecule has 0 spiro atoms. The van der Waals surface area contributed by atoms with Crippen molar-refractivity contribution in [2.45, 2.75) is 25.7 Å². The first kappa shape index (κ1) is 31.2. The molecule has 0 saturated heterocycles. The van der Waals surface area contributed by atoms with Gasteiger partial charge in [-0.25, -0.2) is 9.97 Å². The molecule has 0 atom stereocenters. The van der Waals surface area contributed by atoms with Crippen LogP contribution in [0, 0.1) is 0 Å². The molecule has 0 saturated carbocycles. The van der Waals surface area contributed by atoms with Crippen LogP contribution in [0.3, 0.4) is 0 Å². The Bertz CT molecular complexity index is 2760. The summed E-state index contributed by atoms with van der Waals surface area (Å²) in [5, 5.41) is 3.67. The molecule has 8 aromatic rings. The highest BCUT2D eigenvalue weighted by molar-refractivity contribution is 6.10. The Kier molecular flexibility index (Phi) is 7.76. The fourth-order valence-corrected chi connectivity index (χ4v) is 8.10. The highest BCUT2D eigenvalue weighted by Crippen LogP contribution is 2.39. The first-order valence-corrected chi connectivity index (χ1v) is 18.6. The van der Waals surface area contributed by atoms with Crippen LogP contribution in [-0.4, -0.2) is 14.5 Å². The number of rotatable bonds is 6. The van der Waals surface area contributed by atoms with Gasteiger partial charge in [-0.1, -0.05) is 133 Å². The third kappa shape index (κ3) is 5.71. The van der Waals surface area contributed by atoms with Gasteiger partial charge in [0, 0.05) is 33.0 Å². The number of benzene rings is 6. The van der Waals surface area contributed by atoms with Gasteiger partial charge in [-0.05, 0) is 102 Å². The van der Waals surface area contributed by atoms with E-state index in [2.05, 4.69) is 181 Å². The molecule has 2 aliphatic rings. The normalized spacial score (nSPS) is 14.4. The van der Waals surface area contributed by atoms with Crippen LogP contribution >= 0.6 is 0 Å². The summed E-state index contributed by atoms with van der Waals surface area (Å²) in [7, 11) is 0. The predicted octanol–water partition coefficient (Wildman–Crippen LogP) is 13.2. The minimum absolute atomic E-state index is 0.779. The molecule has 2 aromatic heterocycles. The van der Waals surface area contributed by atoms with Gasteiger partial charge in [-0.3, -0.25) is 0 Å². The van der Waals surface area contributed by atoms with E-state index in [9.17, 15) is 0 Å². The van der Waals surface area contributed by atoms with E-state index < -0.39 is 0 Å². The summed E-state index contributed by atoms with van der Waals surface area (Å²) in [5.41, 5.74) is 15.3. The highest BCUT2D eigenvalue weighted by Gasteiger charge is 2.18. The van der Waals surface area contributed by atoms with Crippen LogP contribution < -0.4 is 0 Å². The van der Waals surface area contributed by atoms with Gasteiger partial charge in [-0.15, -0.1) is 0 Å². The molecule has 10 rings (SSSR count). The van der Waals surface area contributed by atoms with Gasteiger partial charge in [0.25, 0.3) is 0 Å². The van der Waals surface area contributed by atoms with Crippen LogP contribution in [0.15, 0.2) is 176 Å². The molecule has 0 unspecified atom stereocenters. The average molecular weight is 680 g/mol. The summed E-state index contributed by atoms with van der Waals surface area (Å²) in [6.45, 7) is 0. The molecule has 2 aliphatic carbocycles. The molecule has 0 radical (unpaired) electrons. The maximum Gasteiger partial charge on any atom is 0.160 e. The van der Waals surface area contributed by atoms with Crippen molar-refractivity contribution in [1.82, 2.24) is 14.5 Å². The lowest BCUT2D eigenvalue weighted by Gasteiger charge is -2.18. The lowest BCUT2D eigenvalue weighted by atomic mass is 9.91. The Labute approximate surface area is 309 Å². The van der Waals surface area contributed by atoms with Gasteiger partial charge in [-0.2, -0.15) is 0 Å². The maximum atomic E-state index is 5.25. The predicted molar refractivity (Wildman–Crippen MR) is 223 cm³/mol. The summed E-state index contributed by atoms with van der Waals surface area (Å²) >= 11 is 0. The molecule has 0 amide bonds. The fraction of sp³-hybridized carbons (Fsp3) is 0.0800. The van der Waals surface area contributed by atoms with Crippen molar-refractivity contribution in [3.8, 4) is 33.5 Å². The van der Waals surface area contributed by atoms with Gasteiger partial charge in [0.2, 0.25) is 0 Å². The minimum atomic E-state index is 0.779. The van der Waals surface area contributed by atoms with Crippen molar-refractivity contribution in [2.75, 3.05) is 0 Å². The zero-order valence-corrected chi connectivity index (χ0v) is 29.4. The quantitative estimate of drug-likeness (QED) is 0.175. The second kappa shape index (κ2) is 13.2. The van der Waals surface area contributed by atoms with Crippen molar-refractivity contribution in [3.05, 3.63) is 187 Å². The molecule has 2 heterocycles. The topological polar surface area (TPSA) is 30.7 Å². The standard InChI is InChI=1S/C50H37N3/c1-3-13-34(14-4-1)39-31-40(33-41(32-39)49-45-19-7-10-20-46(45)51-50(52-49)38-15-5-2-6-16-38)37-25-23-35(24-26-37)36-27-29-42(30-28-36)53-47-21-11-8-17-43(47)44-18-9-12-22-48(44)53/h1,3-5,7-27,29,31-33H,2,6,28,30H2. The number of aromatic nitrogens is 3. The second-order valence-electron chi connectivity index (χ2n) is 14.0. The van der Waals surface area contributed by atoms with E-state index in [1.165, 1.54) is 60.9 Å². The van der Waals surface area contributed by atoms with Crippen molar-refractivity contribution in [2.24, 2.45) is 0 Å². The monoisotopic (exact) mass is 679 g/mol. The number of para-hydroxylation sites is 3. The summed E-state index contributed by atoms with van der Waals surface area (Å²) in [4.78, 5) is 10.3. The van der Waals surface area contributed by atoms with E-state index >= 15 is 0 Å². The lowest BCUT2D eigenvalue weighted by Crippen LogP contribution is -2.01. The molecule has 6 aromatic carbocycles. The van der Waals surface area contributed by atoms with Crippen molar-refractivity contribution < 1.29 is 0 Å². The Balaban J connectivity index is 1.04. The average Bonchev–Trinajstić information content (AvgIpc) is 3.58.